The van der Waals surface area contributed by atoms with E-state index in [1.165, 1.54) is 5.56 Å². The molecule has 1 aromatic rings. The average Bonchev–Trinajstić information content (AvgIpc) is 2.81. The van der Waals surface area contributed by atoms with Gasteiger partial charge < -0.3 is 19.7 Å². The van der Waals surface area contributed by atoms with Gasteiger partial charge in [0.1, 0.15) is 5.75 Å². The van der Waals surface area contributed by atoms with Crippen LogP contribution in [0.2, 0.25) is 0 Å². The van der Waals surface area contributed by atoms with Crippen molar-refractivity contribution < 1.29 is 19.1 Å². The molecule has 1 N–H and O–H groups in total. The van der Waals surface area contributed by atoms with Crippen LogP contribution in [-0.2, 0) is 20.7 Å². The van der Waals surface area contributed by atoms with Crippen molar-refractivity contribution in [1.82, 2.24) is 15.1 Å². The van der Waals surface area contributed by atoms with Gasteiger partial charge in [0.05, 0.1) is 31.8 Å². The lowest BCUT2D eigenvalue weighted by Crippen LogP contribution is -2.52. The summed E-state index contributed by atoms with van der Waals surface area (Å²) >= 11 is 0. The summed E-state index contributed by atoms with van der Waals surface area (Å²) in [5.41, 5.74) is 1.19. The molecule has 0 aliphatic heterocycles. The first-order valence-corrected chi connectivity index (χ1v) is 12.1. The lowest BCUT2D eigenvalue weighted by Gasteiger charge is -2.34. The maximum absolute atomic E-state index is 13.0. The molecular formula is C26H45N3O4. The molecule has 0 radical (unpaired) electrons. The van der Waals surface area contributed by atoms with Crippen LogP contribution in [0.3, 0.4) is 0 Å². The van der Waals surface area contributed by atoms with E-state index in [0.29, 0.717) is 0 Å². The van der Waals surface area contributed by atoms with Crippen molar-refractivity contribution >= 4 is 11.8 Å². The van der Waals surface area contributed by atoms with E-state index in [-0.39, 0.29) is 42.5 Å². The number of ether oxygens (including phenoxy) is 2. The van der Waals surface area contributed by atoms with E-state index in [2.05, 4.69) is 24.1 Å². The first kappa shape index (κ1) is 28.9. The largest absolute Gasteiger partial charge is 0.497 e. The lowest BCUT2D eigenvalue weighted by molar-refractivity contribution is -0.137. The number of rotatable bonds is 15. The van der Waals surface area contributed by atoms with Crippen LogP contribution in [-0.4, -0.2) is 81.2 Å². The van der Waals surface area contributed by atoms with Gasteiger partial charge in [0.15, 0.2) is 0 Å². The van der Waals surface area contributed by atoms with Crippen LogP contribution in [0, 0.1) is 5.92 Å². The normalized spacial score (nSPS) is 14.1. The Labute approximate surface area is 200 Å². The molecule has 7 heteroatoms. The Bertz CT molecular complexity index is 704. The summed E-state index contributed by atoms with van der Waals surface area (Å²) in [6, 6.07) is 7.67. The molecule has 0 aliphatic carbocycles. The van der Waals surface area contributed by atoms with E-state index in [4.69, 9.17) is 9.47 Å². The molecule has 3 atom stereocenters. The van der Waals surface area contributed by atoms with Crippen molar-refractivity contribution in [3.63, 3.8) is 0 Å². The average molecular weight is 464 g/mol. The van der Waals surface area contributed by atoms with Crippen LogP contribution in [0.5, 0.6) is 5.75 Å². The minimum Gasteiger partial charge on any atom is -0.497 e. The van der Waals surface area contributed by atoms with Crippen LogP contribution in [0.25, 0.3) is 0 Å². The number of hydrogen-bond donors (Lipinski definition) is 1. The molecule has 0 saturated heterocycles. The summed E-state index contributed by atoms with van der Waals surface area (Å²) in [5, 5.41) is 2.88. The molecule has 1 aromatic carbocycles. The summed E-state index contributed by atoms with van der Waals surface area (Å²) in [4.78, 5) is 29.7. The van der Waals surface area contributed by atoms with Gasteiger partial charge in [-0.05, 0) is 49.9 Å². The SMILES string of the molecule is CCCC(C(CC)OC)N(C)C(=O)CNC(=O)C(C(C)C)N(C)CCc1ccc(OC)cc1. The number of benzene rings is 1. The second-order valence-corrected chi connectivity index (χ2v) is 9.03. The van der Waals surface area contributed by atoms with Gasteiger partial charge in [-0.3, -0.25) is 14.5 Å². The summed E-state index contributed by atoms with van der Waals surface area (Å²) in [7, 11) is 7.10. The van der Waals surface area contributed by atoms with Gasteiger partial charge in [-0.25, -0.2) is 0 Å². The number of likely N-dealkylation sites (N-methyl/N-ethyl adjacent to an activating group) is 2. The molecule has 0 saturated carbocycles. The minimum atomic E-state index is -0.310. The van der Waals surface area contributed by atoms with E-state index in [0.717, 1.165) is 38.0 Å². The van der Waals surface area contributed by atoms with Gasteiger partial charge in [-0.2, -0.15) is 0 Å². The number of amides is 2. The maximum Gasteiger partial charge on any atom is 0.242 e. The molecular weight excluding hydrogens is 418 g/mol. The second-order valence-electron chi connectivity index (χ2n) is 9.03. The van der Waals surface area contributed by atoms with Crippen LogP contribution >= 0.6 is 0 Å². The number of carbonyl (C=O) groups excluding carboxylic acids is 2. The van der Waals surface area contributed by atoms with Gasteiger partial charge in [-0.15, -0.1) is 0 Å². The second kappa shape index (κ2) is 14.9. The van der Waals surface area contributed by atoms with Crippen LogP contribution in [0.1, 0.15) is 52.5 Å². The Kier molecular flexibility index (Phi) is 13.1. The highest BCUT2D eigenvalue weighted by Crippen LogP contribution is 2.16. The third-order valence-corrected chi connectivity index (χ3v) is 6.31. The maximum atomic E-state index is 13.0. The number of hydrogen-bond acceptors (Lipinski definition) is 5. The molecule has 188 valence electrons. The lowest BCUT2D eigenvalue weighted by atomic mass is 10.0. The summed E-state index contributed by atoms with van der Waals surface area (Å²) in [6.45, 7) is 8.95. The summed E-state index contributed by atoms with van der Waals surface area (Å²) in [5.74, 6) is 0.734. The number of methoxy groups -OCH3 is 2. The van der Waals surface area contributed by atoms with Crippen LogP contribution in [0.15, 0.2) is 24.3 Å². The first-order chi connectivity index (χ1) is 15.7. The zero-order valence-corrected chi connectivity index (χ0v) is 21.9. The monoisotopic (exact) mass is 463 g/mol. The Morgan fingerprint density at radius 1 is 1.06 bits per heavy atom. The number of nitrogens with one attached hydrogen (secondary N) is 1. The third kappa shape index (κ3) is 8.97. The highest BCUT2D eigenvalue weighted by atomic mass is 16.5. The molecule has 0 spiro atoms. The molecule has 0 heterocycles. The molecule has 7 nitrogen and oxygen atoms in total. The Hall–Kier alpha value is -2.12. The van der Waals surface area contributed by atoms with Crippen molar-refractivity contribution in [2.45, 2.75) is 71.6 Å². The Morgan fingerprint density at radius 2 is 1.70 bits per heavy atom. The zero-order valence-electron chi connectivity index (χ0n) is 21.9. The molecule has 3 unspecified atom stereocenters. The Morgan fingerprint density at radius 3 is 2.18 bits per heavy atom. The molecule has 0 aliphatic rings. The van der Waals surface area contributed by atoms with Gasteiger partial charge in [-0.1, -0.05) is 46.2 Å². The summed E-state index contributed by atoms with van der Waals surface area (Å²) in [6.07, 6.45) is 3.47. The molecule has 0 bridgehead atoms. The quantitative estimate of drug-likeness (QED) is 0.432. The number of nitrogens with zero attached hydrogens (tertiary/aromatic N) is 2. The van der Waals surface area contributed by atoms with E-state index in [1.807, 2.05) is 45.2 Å². The minimum absolute atomic E-state index is 0.00229. The van der Waals surface area contributed by atoms with Gasteiger partial charge in [0, 0.05) is 20.7 Å². The fourth-order valence-corrected chi connectivity index (χ4v) is 4.35. The van der Waals surface area contributed by atoms with Crippen molar-refractivity contribution in [3.05, 3.63) is 29.8 Å². The van der Waals surface area contributed by atoms with Gasteiger partial charge >= 0.3 is 0 Å². The standard InChI is InChI=1S/C26H45N3O4/c1-9-11-22(23(10-2)33-8)29(6)24(30)18-27-26(31)25(19(3)4)28(5)17-16-20-12-14-21(32-7)15-13-20/h12-15,19,22-23,25H,9-11,16-18H2,1-8H3,(H,27,31). The fraction of sp³-hybridized carbons (Fsp3) is 0.692. The highest BCUT2D eigenvalue weighted by molar-refractivity contribution is 5.87. The first-order valence-electron chi connectivity index (χ1n) is 12.1. The molecule has 2 amide bonds. The molecule has 1 rings (SSSR count). The molecule has 0 fully saturated rings. The third-order valence-electron chi connectivity index (χ3n) is 6.31. The number of carbonyl (C=O) groups is 2. The van der Waals surface area contributed by atoms with E-state index in [1.54, 1.807) is 26.2 Å². The smallest absolute Gasteiger partial charge is 0.242 e. The zero-order chi connectivity index (χ0) is 25.0. The molecule has 33 heavy (non-hydrogen) atoms. The van der Waals surface area contributed by atoms with Gasteiger partial charge in [0.25, 0.3) is 0 Å². The van der Waals surface area contributed by atoms with Crippen molar-refractivity contribution in [3.8, 4) is 5.75 Å². The highest BCUT2D eigenvalue weighted by Gasteiger charge is 2.29. The van der Waals surface area contributed by atoms with E-state index in [9.17, 15) is 9.59 Å². The summed E-state index contributed by atoms with van der Waals surface area (Å²) < 4.78 is 10.8. The topological polar surface area (TPSA) is 71.1 Å². The predicted molar refractivity (Wildman–Crippen MR) is 134 cm³/mol. The van der Waals surface area contributed by atoms with Crippen LogP contribution < -0.4 is 10.1 Å². The Balaban J connectivity index is 2.70. The van der Waals surface area contributed by atoms with E-state index < -0.39 is 0 Å². The van der Waals surface area contributed by atoms with Crippen LogP contribution in [0.4, 0.5) is 0 Å². The molecule has 0 aromatic heterocycles. The van der Waals surface area contributed by atoms with Crippen molar-refractivity contribution in [2.24, 2.45) is 5.92 Å². The fourth-order valence-electron chi connectivity index (χ4n) is 4.35. The van der Waals surface area contributed by atoms with Crippen molar-refractivity contribution in [2.75, 3.05) is 41.4 Å². The predicted octanol–water partition coefficient (Wildman–Crippen LogP) is 3.36. The van der Waals surface area contributed by atoms with Gasteiger partial charge in [0.2, 0.25) is 11.8 Å². The van der Waals surface area contributed by atoms with E-state index >= 15 is 0 Å². The van der Waals surface area contributed by atoms with Crippen molar-refractivity contribution in [1.29, 1.82) is 0 Å².